The number of benzene rings is 1. The van der Waals surface area contributed by atoms with Crippen molar-refractivity contribution in [2.75, 3.05) is 14.2 Å². The fourth-order valence-electron chi connectivity index (χ4n) is 4.06. The van der Waals surface area contributed by atoms with Crippen LogP contribution in [0.2, 0.25) is 5.15 Å². The molecule has 0 radical (unpaired) electrons. The second-order valence-corrected chi connectivity index (χ2v) is 9.83. The van der Waals surface area contributed by atoms with E-state index >= 15 is 0 Å². The molecule has 2 aromatic heterocycles. The lowest BCUT2D eigenvalue weighted by molar-refractivity contribution is -0.135. The minimum absolute atomic E-state index is 0.0154. The number of likely N-dealkylation sites (N-methyl/N-ethyl adjacent to an activating group) is 1. The molecule has 1 aromatic carbocycles. The summed E-state index contributed by atoms with van der Waals surface area (Å²) < 4.78 is 47.0. The zero-order valence-corrected chi connectivity index (χ0v) is 18.8. The molecule has 8 nitrogen and oxygen atoms in total. The van der Waals surface area contributed by atoms with Crippen molar-refractivity contribution in [3.05, 3.63) is 58.8 Å². The van der Waals surface area contributed by atoms with E-state index in [1.165, 1.54) is 29.7 Å². The number of ether oxygens (including phenoxy) is 1. The maximum absolute atomic E-state index is 13.2. The van der Waals surface area contributed by atoms with Crippen LogP contribution in [0.15, 0.2) is 41.4 Å². The molecule has 1 aliphatic rings. The van der Waals surface area contributed by atoms with Gasteiger partial charge in [0.2, 0.25) is 10.0 Å². The number of methoxy groups -OCH3 is 1. The quantitative estimate of drug-likeness (QED) is 0.241. The number of pyridine rings is 1. The maximum atomic E-state index is 13.2. The van der Waals surface area contributed by atoms with Crippen LogP contribution < -0.4 is 0 Å². The van der Waals surface area contributed by atoms with Gasteiger partial charge in [0, 0.05) is 36.9 Å². The molecular weight excluding hydrogens is 461 g/mol. The highest BCUT2D eigenvalue weighted by Crippen LogP contribution is 2.34. The third-order valence-corrected chi connectivity index (χ3v) is 7.86. The summed E-state index contributed by atoms with van der Waals surface area (Å²) in [5.41, 5.74) is 1.37. The molecule has 4 rings (SSSR count). The Labute approximate surface area is 188 Å². The number of sulfonamides is 1. The predicted molar refractivity (Wildman–Crippen MR) is 115 cm³/mol. The fourth-order valence-corrected chi connectivity index (χ4v) is 5.59. The molecule has 1 aliphatic heterocycles. The smallest absolute Gasteiger partial charge is 0.379 e. The minimum atomic E-state index is -3.87. The molecule has 1 atom stereocenters. The van der Waals surface area contributed by atoms with Crippen molar-refractivity contribution in [3.63, 3.8) is 0 Å². The Kier molecular flexibility index (Phi) is 5.78. The van der Waals surface area contributed by atoms with Crippen LogP contribution in [0.3, 0.4) is 0 Å². The summed E-state index contributed by atoms with van der Waals surface area (Å²) in [6.45, 7) is 0.234. The Morgan fingerprint density at radius 1 is 1.28 bits per heavy atom. The van der Waals surface area contributed by atoms with E-state index in [0.717, 1.165) is 19.2 Å². The monoisotopic (exact) mass is 479 g/mol. The van der Waals surface area contributed by atoms with Gasteiger partial charge >= 0.3 is 5.97 Å². The number of esters is 1. The Bertz CT molecular complexity index is 1340. The second kappa shape index (κ2) is 8.27. The third-order valence-electron chi connectivity index (χ3n) is 5.73. The van der Waals surface area contributed by atoms with Crippen LogP contribution in [0, 0.1) is 5.82 Å². The Morgan fingerprint density at radius 3 is 2.62 bits per heavy atom. The molecule has 0 saturated heterocycles. The number of nitrogens with zero attached hydrogens (tertiary/aromatic N) is 3. The first-order valence-corrected chi connectivity index (χ1v) is 11.5. The molecule has 0 N–H and O–H groups in total. The number of rotatable bonds is 5. The van der Waals surface area contributed by atoms with E-state index in [1.807, 2.05) is 0 Å². The SMILES string of the molecule is COC(=O)C(=O)c1c2n(c3cc(Cl)ncc13)CC(N(C)S(=O)(=O)c1ccc(F)cc1)CC2. The molecule has 32 heavy (non-hydrogen) atoms. The van der Waals surface area contributed by atoms with E-state index in [0.29, 0.717) is 29.4 Å². The summed E-state index contributed by atoms with van der Waals surface area (Å²) in [7, 11) is -1.27. The number of carbonyl (C=O) groups excluding carboxylic acids is 2. The fraction of sp³-hybridized carbons (Fsp3) is 0.286. The first-order valence-electron chi connectivity index (χ1n) is 9.68. The topological polar surface area (TPSA) is 98.6 Å². The zero-order valence-electron chi connectivity index (χ0n) is 17.2. The molecule has 0 bridgehead atoms. The summed E-state index contributed by atoms with van der Waals surface area (Å²) >= 11 is 6.07. The highest BCUT2D eigenvalue weighted by Gasteiger charge is 2.35. The van der Waals surface area contributed by atoms with Crippen molar-refractivity contribution in [3.8, 4) is 0 Å². The lowest BCUT2D eigenvalue weighted by Crippen LogP contribution is -2.42. The van der Waals surface area contributed by atoms with Crippen molar-refractivity contribution in [2.45, 2.75) is 30.3 Å². The van der Waals surface area contributed by atoms with Gasteiger partial charge < -0.3 is 9.30 Å². The van der Waals surface area contributed by atoms with Crippen molar-refractivity contribution < 1.29 is 27.1 Å². The Hall–Kier alpha value is -2.82. The van der Waals surface area contributed by atoms with Gasteiger partial charge in [0.15, 0.2) is 0 Å². The van der Waals surface area contributed by atoms with Crippen LogP contribution in [0.5, 0.6) is 0 Å². The molecule has 0 amide bonds. The maximum Gasteiger partial charge on any atom is 0.379 e. The van der Waals surface area contributed by atoms with Crippen molar-refractivity contribution in [1.82, 2.24) is 13.9 Å². The first-order chi connectivity index (χ1) is 15.1. The van der Waals surface area contributed by atoms with Gasteiger partial charge in [0.25, 0.3) is 5.78 Å². The summed E-state index contributed by atoms with van der Waals surface area (Å²) in [5, 5.41) is 0.647. The van der Waals surface area contributed by atoms with Gasteiger partial charge in [-0.3, -0.25) is 4.79 Å². The van der Waals surface area contributed by atoms with E-state index in [1.54, 1.807) is 10.6 Å². The van der Waals surface area contributed by atoms with Crippen molar-refractivity contribution >= 4 is 44.3 Å². The Balaban J connectivity index is 1.76. The lowest BCUT2D eigenvalue weighted by Gasteiger charge is -2.32. The number of hydrogen-bond acceptors (Lipinski definition) is 6. The molecule has 11 heteroatoms. The summed E-state index contributed by atoms with van der Waals surface area (Å²) in [4.78, 5) is 28.7. The number of fused-ring (bicyclic) bond motifs is 3. The van der Waals surface area contributed by atoms with Gasteiger partial charge in [0.1, 0.15) is 11.0 Å². The highest BCUT2D eigenvalue weighted by atomic mass is 35.5. The van der Waals surface area contributed by atoms with E-state index in [4.69, 9.17) is 11.6 Å². The molecule has 1 unspecified atom stereocenters. The van der Waals surface area contributed by atoms with E-state index in [-0.39, 0.29) is 22.2 Å². The van der Waals surface area contributed by atoms with Crippen LogP contribution in [0.1, 0.15) is 22.5 Å². The van der Waals surface area contributed by atoms with E-state index in [9.17, 15) is 22.4 Å². The largest absolute Gasteiger partial charge is 0.463 e. The van der Waals surface area contributed by atoms with Gasteiger partial charge in [-0.05, 0) is 43.2 Å². The average Bonchev–Trinajstić information content (AvgIpc) is 3.10. The van der Waals surface area contributed by atoms with Crippen LogP contribution in [0.25, 0.3) is 10.9 Å². The van der Waals surface area contributed by atoms with Crippen molar-refractivity contribution in [2.24, 2.45) is 0 Å². The molecular formula is C21H19ClFN3O5S. The minimum Gasteiger partial charge on any atom is -0.463 e. The van der Waals surface area contributed by atoms with Gasteiger partial charge in [-0.15, -0.1) is 0 Å². The standard InChI is InChI=1S/C21H19ClFN3O5S/c1-25(32(29,30)14-6-3-12(23)4-7-14)13-5-8-16-19(20(27)21(28)31-2)15-10-24-18(22)9-17(15)26(16)11-13/h3-4,6-7,9-10,13H,5,8,11H2,1-2H3. The number of halogens is 2. The molecule has 0 fully saturated rings. The van der Waals surface area contributed by atoms with Gasteiger partial charge in [0.05, 0.1) is 23.1 Å². The molecule has 0 saturated carbocycles. The van der Waals surface area contributed by atoms with Crippen molar-refractivity contribution in [1.29, 1.82) is 0 Å². The normalized spacial score (nSPS) is 16.2. The van der Waals surface area contributed by atoms with Gasteiger partial charge in [-0.25, -0.2) is 22.6 Å². The predicted octanol–water partition coefficient (Wildman–Crippen LogP) is 2.82. The van der Waals surface area contributed by atoms with Gasteiger partial charge in [-0.1, -0.05) is 11.6 Å². The van der Waals surface area contributed by atoms with Crippen LogP contribution in [0.4, 0.5) is 4.39 Å². The van der Waals surface area contributed by atoms with Gasteiger partial charge in [-0.2, -0.15) is 4.31 Å². The summed E-state index contributed by atoms with van der Waals surface area (Å²) in [6, 6.07) is 5.77. The summed E-state index contributed by atoms with van der Waals surface area (Å²) in [5.74, 6) is -2.31. The Morgan fingerprint density at radius 2 is 1.97 bits per heavy atom. The second-order valence-electron chi connectivity index (χ2n) is 7.44. The number of aromatic nitrogens is 2. The number of Topliss-reactive ketones (excluding diaryl/α,β-unsaturated/α-hetero) is 1. The molecule has 3 heterocycles. The molecule has 0 spiro atoms. The summed E-state index contributed by atoms with van der Waals surface area (Å²) in [6.07, 6.45) is 2.18. The molecule has 168 valence electrons. The average molecular weight is 480 g/mol. The molecule has 0 aliphatic carbocycles. The van der Waals surface area contributed by atoms with Crippen LogP contribution in [-0.2, 0) is 32.5 Å². The van der Waals surface area contributed by atoms with Crippen LogP contribution in [-0.4, -0.2) is 54.2 Å². The van der Waals surface area contributed by atoms with Crippen LogP contribution >= 0.6 is 11.6 Å². The molecule has 3 aromatic rings. The number of ketones is 1. The van der Waals surface area contributed by atoms with E-state index in [2.05, 4.69) is 9.72 Å². The lowest BCUT2D eigenvalue weighted by atomic mass is 10.00. The first kappa shape index (κ1) is 22.4. The number of carbonyl (C=O) groups is 2. The van der Waals surface area contributed by atoms with E-state index < -0.39 is 33.6 Å². The third kappa shape index (κ3) is 3.68. The zero-order chi connectivity index (χ0) is 23.2. The highest BCUT2D eigenvalue weighted by molar-refractivity contribution is 7.89. The number of hydrogen-bond donors (Lipinski definition) is 0.